The van der Waals surface area contributed by atoms with E-state index in [9.17, 15) is 4.79 Å². The first-order valence-electron chi connectivity index (χ1n) is 8.25. The molecule has 0 unspecified atom stereocenters. The molecule has 0 aromatic heterocycles. The largest absolute Gasteiger partial charge is 0.481 e. The quantitative estimate of drug-likeness (QED) is 0.801. The van der Waals surface area contributed by atoms with Crippen LogP contribution in [-0.4, -0.2) is 18.1 Å². The number of ether oxygens (including phenoxy) is 1. The van der Waals surface area contributed by atoms with Gasteiger partial charge in [0.15, 0.2) is 6.10 Å². The number of amides is 1. The summed E-state index contributed by atoms with van der Waals surface area (Å²) in [6.07, 6.45) is 2.07. The third kappa shape index (κ3) is 5.78. The van der Waals surface area contributed by atoms with Crippen LogP contribution in [0.1, 0.15) is 32.3 Å². The van der Waals surface area contributed by atoms with Gasteiger partial charge in [-0.2, -0.15) is 0 Å². The summed E-state index contributed by atoms with van der Waals surface area (Å²) in [5.41, 5.74) is 1.29. The Kier molecular flexibility index (Phi) is 6.67. The monoisotopic (exact) mass is 311 g/mol. The smallest absolute Gasteiger partial charge is 0.261 e. The fourth-order valence-electron chi connectivity index (χ4n) is 2.42. The highest BCUT2D eigenvalue weighted by atomic mass is 16.5. The molecule has 2 atom stereocenters. The highest BCUT2D eigenvalue weighted by molar-refractivity contribution is 5.81. The zero-order chi connectivity index (χ0) is 16.5. The van der Waals surface area contributed by atoms with E-state index in [-0.39, 0.29) is 11.9 Å². The SMILES string of the molecule is CC[C@@H](Oc1ccccc1)C(=O)N[C@H](C)CCc1ccccc1. The summed E-state index contributed by atoms with van der Waals surface area (Å²) < 4.78 is 5.78. The van der Waals surface area contributed by atoms with Gasteiger partial charge in [0.05, 0.1) is 0 Å². The predicted molar refractivity (Wildman–Crippen MR) is 93.5 cm³/mol. The number of rotatable bonds is 8. The summed E-state index contributed by atoms with van der Waals surface area (Å²) in [5, 5.41) is 3.06. The fourth-order valence-corrected chi connectivity index (χ4v) is 2.42. The second kappa shape index (κ2) is 8.99. The molecule has 2 rings (SSSR count). The molecule has 122 valence electrons. The van der Waals surface area contributed by atoms with E-state index < -0.39 is 6.10 Å². The molecule has 2 aromatic rings. The van der Waals surface area contributed by atoms with Crippen molar-refractivity contribution in [3.63, 3.8) is 0 Å². The molecule has 0 fully saturated rings. The number of hydrogen-bond acceptors (Lipinski definition) is 2. The van der Waals surface area contributed by atoms with E-state index >= 15 is 0 Å². The van der Waals surface area contributed by atoms with E-state index in [4.69, 9.17) is 4.74 Å². The lowest BCUT2D eigenvalue weighted by Crippen LogP contribution is -2.42. The molecule has 0 aliphatic heterocycles. The van der Waals surface area contributed by atoms with Gasteiger partial charge in [0, 0.05) is 6.04 Å². The number of carbonyl (C=O) groups excluding carboxylic acids is 1. The molecule has 0 bridgehead atoms. The fraction of sp³-hybridized carbons (Fsp3) is 0.350. The van der Waals surface area contributed by atoms with Crippen LogP contribution in [-0.2, 0) is 11.2 Å². The van der Waals surface area contributed by atoms with Crippen molar-refractivity contribution in [1.82, 2.24) is 5.32 Å². The molecule has 1 amide bonds. The number of carbonyl (C=O) groups is 1. The average Bonchev–Trinajstić information content (AvgIpc) is 2.59. The highest BCUT2D eigenvalue weighted by Crippen LogP contribution is 2.13. The summed E-state index contributed by atoms with van der Waals surface area (Å²) in [4.78, 5) is 12.4. The summed E-state index contributed by atoms with van der Waals surface area (Å²) in [5.74, 6) is 0.684. The van der Waals surface area contributed by atoms with Crippen molar-refractivity contribution >= 4 is 5.91 Å². The maximum Gasteiger partial charge on any atom is 0.261 e. The third-order valence-corrected chi connectivity index (χ3v) is 3.78. The number of para-hydroxylation sites is 1. The molecule has 2 aromatic carbocycles. The minimum absolute atomic E-state index is 0.0445. The van der Waals surface area contributed by atoms with E-state index in [1.54, 1.807) is 0 Å². The van der Waals surface area contributed by atoms with Crippen molar-refractivity contribution < 1.29 is 9.53 Å². The first kappa shape index (κ1) is 17.1. The van der Waals surface area contributed by atoms with Gasteiger partial charge in [0.25, 0.3) is 5.91 Å². The maximum atomic E-state index is 12.4. The standard InChI is InChI=1S/C20H25NO2/c1-3-19(23-18-12-8-5-9-13-18)20(22)21-16(2)14-15-17-10-6-4-7-11-17/h4-13,16,19H,3,14-15H2,1-2H3,(H,21,22)/t16-,19-/m1/s1. The van der Waals surface area contributed by atoms with Gasteiger partial charge in [-0.3, -0.25) is 4.79 Å². The van der Waals surface area contributed by atoms with Crippen LogP contribution in [0.2, 0.25) is 0 Å². The average molecular weight is 311 g/mol. The van der Waals surface area contributed by atoms with Gasteiger partial charge in [0.1, 0.15) is 5.75 Å². The number of nitrogens with one attached hydrogen (secondary N) is 1. The van der Waals surface area contributed by atoms with Crippen molar-refractivity contribution in [2.75, 3.05) is 0 Å². The first-order chi connectivity index (χ1) is 11.2. The number of benzene rings is 2. The van der Waals surface area contributed by atoms with E-state index in [0.29, 0.717) is 6.42 Å². The van der Waals surface area contributed by atoms with Gasteiger partial charge in [-0.05, 0) is 43.9 Å². The highest BCUT2D eigenvalue weighted by Gasteiger charge is 2.19. The topological polar surface area (TPSA) is 38.3 Å². The van der Waals surface area contributed by atoms with Gasteiger partial charge < -0.3 is 10.1 Å². The summed E-state index contributed by atoms with van der Waals surface area (Å²) in [6.45, 7) is 4.00. The van der Waals surface area contributed by atoms with Gasteiger partial charge in [0.2, 0.25) is 0 Å². The van der Waals surface area contributed by atoms with Crippen molar-refractivity contribution in [3.05, 3.63) is 66.2 Å². The van der Waals surface area contributed by atoms with Crippen LogP contribution in [0.15, 0.2) is 60.7 Å². The van der Waals surface area contributed by atoms with Crippen molar-refractivity contribution in [1.29, 1.82) is 0 Å². The number of hydrogen-bond donors (Lipinski definition) is 1. The Morgan fingerprint density at radius 3 is 2.26 bits per heavy atom. The maximum absolute atomic E-state index is 12.4. The Morgan fingerprint density at radius 2 is 1.65 bits per heavy atom. The normalized spacial score (nSPS) is 13.1. The second-order valence-electron chi connectivity index (χ2n) is 5.76. The second-order valence-corrected chi connectivity index (χ2v) is 5.76. The molecule has 0 spiro atoms. The third-order valence-electron chi connectivity index (χ3n) is 3.78. The molecule has 3 nitrogen and oxygen atoms in total. The Bertz CT molecular complexity index is 583. The van der Waals surface area contributed by atoms with E-state index in [1.165, 1.54) is 5.56 Å². The van der Waals surface area contributed by atoms with Gasteiger partial charge in [-0.1, -0.05) is 55.5 Å². The zero-order valence-electron chi connectivity index (χ0n) is 13.9. The van der Waals surface area contributed by atoms with Crippen LogP contribution in [0.3, 0.4) is 0 Å². The molecule has 0 saturated heterocycles. The van der Waals surface area contributed by atoms with E-state index in [2.05, 4.69) is 17.4 Å². The molecular formula is C20H25NO2. The molecule has 0 saturated carbocycles. The first-order valence-corrected chi connectivity index (χ1v) is 8.25. The van der Waals surface area contributed by atoms with E-state index in [0.717, 1.165) is 18.6 Å². The van der Waals surface area contributed by atoms with E-state index in [1.807, 2.05) is 62.4 Å². The minimum Gasteiger partial charge on any atom is -0.481 e. The zero-order valence-corrected chi connectivity index (χ0v) is 13.9. The summed E-state index contributed by atoms with van der Waals surface area (Å²) in [7, 11) is 0. The lowest BCUT2D eigenvalue weighted by atomic mass is 10.1. The Labute approximate surface area is 138 Å². The Hall–Kier alpha value is -2.29. The Morgan fingerprint density at radius 1 is 1.04 bits per heavy atom. The van der Waals surface area contributed by atoms with Gasteiger partial charge in [-0.15, -0.1) is 0 Å². The van der Waals surface area contributed by atoms with Crippen LogP contribution < -0.4 is 10.1 Å². The van der Waals surface area contributed by atoms with Crippen molar-refractivity contribution in [2.45, 2.75) is 45.3 Å². The van der Waals surface area contributed by atoms with Crippen LogP contribution in [0.5, 0.6) is 5.75 Å². The predicted octanol–water partition coefficient (Wildman–Crippen LogP) is 3.98. The number of aryl methyl sites for hydroxylation is 1. The molecule has 0 aliphatic rings. The van der Waals surface area contributed by atoms with Crippen LogP contribution in [0, 0.1) is 0 Å². The summed E-state index contributed by atoms with van der Waals surface area (Å²) in [6, 6.07) is 19.9. The van der Waals surface area contributed by atoms with Crippen LogP contribution in [0.25, 0.3) is 0 Å². The van der Waals surface area contributed by atoms with Gasteiger partial charge >= 0.3 is 0 Å². The lowest BCUT2D eigenvalue weighted by molar-refractivity contribution is -0.128. The molecular weight excluding hydrogens is 286 g/mol. The minimum atomic E-state index is -0.448. The van der Waals surface area contributed by atoms with Gasteiger partial charge in [-0.25, -0.2) is 0 Å². The lowest BCUT2D eigenvalue weighted by Gasteiger charge is -2.20. The molecule has 3 heteroatoms. The van der Waals surface area contributed by atoms with Crippen molar-refractivity contribution in [2.24, 2.45) is 0 Å². The van der Waals surface area contributed by atoms with Crippen LogP contribution in [0.4, 0.5) is 0 Å². The Balaban J connectivity index is 1.81. The molecule has 1 N–H and O–H groups in total. The molecule has 23 heavy (non-hydrogen) atoms. The van der Waals surface area contributed by atoms with Crippen LogP contribution >= 0.6 is 0 Å². The molecule has 0 heterocycles. The van der Waals surface area contributed by atoms with Crippen molar-refractivity contribution in [3.8, 4) is 5.75 Å². The summed E-state index contributed by atoms with van der Waals surface area (Å²) >= 11 is 0. The molecule has 0 radical (unpaired) electrons. The molecule has 0 aliphatic carbocycles.